The van der Waals surface area contributed by atoms with Gasteiger partial charge in [0, 0.05) is 20.1 Å². The van der Waals surface area contributed by atoms with Gasteiger partial charge in [0.15, 0.2) is 0 Å². The fourth-order valence-electron chi connectivity index (χ4n) is 2.42. The first kappa shape index (κ1) is 15.8. The van der Waals surface area contributed by atoms with E-state index in [1.165, 1.54) is 4.90 Å². The van der Waals surface area contributed by atoms with E-state index in [1.54, 1.807) is 18.9 Å². The summed E-state index contributed by atoms with van der Waals surface area (Å²) in [5.41, 5.74) is -0.848. The van der Waals surface area contributed by atoms with Gasteiger partial charge in [-0.25, -0.2) is 4.79 Å². The Hall–Kier alpha value is -1.30. The summed E-state index contributed by atoms with van der Waals surface area (Å²) in [7, 11) is 1.62. The standard InChI is InChI=1S/C13H24N2O4/c1-9(2)13(11(17)18)5-6-15(8-13)12(19)14(4)10(3)7-16/h9-10,16H,5-8H2,1-4H3,(H,17,18). The number of carbonyl (C=O) groups is 2. The van der Waals surface area contributed by atoms with Crippen LogP contribution in [0.2, 0.25) is 0 Å². The number of amides is 2. The monoisotopic (exact) mass is 272 g/mol. The molecule has 2 N–H and O–H groups in total. The third-order valence-electron chi connectivity index (χ3n) is 4.33. The summed E-state index contributed by atoms with van der Waals surface area (Å²) >= 11 is 0. The van der Waals surface area contributed by atoms with Crippen LogP contribution in [0.25, 0.3) is 0 Å². The van der Waals surface area contributed by atoms with E-state index >= 15 is 0 Å². The summed E-state index contributed by atoms with van der Waals surface area (Å²) in [6, 6.07) is -0.489. The van der Waals surface area contributed by atoms with Gasteiger partial charge in [0.25, 0.3) is 0 Å². The molecule has 0 bridgehead atoms. The number of rotatable bonds is 4. The molecule has 2 unspecified atom stereocenters. The van der Waals surface area contributed by atoms with Crippen molar-refractivity contribution in [2.75, 3.05) is 26.7 Å². The second kappa shape index (κ2) is 5.77. The zero-order valence-electron chi connectivity index (χ0n) is 12.1. The highest BCUT2D eigenvalue weighted by molar-refractivity contribution is 5.80. The van der Waals surface area contributed by atoms with Gasteiger partial charge in [-0.05, 0) is 19.3 Å². The Balaban J connectivity index is 2.80. The number of aliphatic carboxylic acids is 1. The highest BCUT2D eigenvalue weighted by atomic mass is 16.4. The van der Waals surface area contributed by atoms with Crippen LogP contribution in [0.15, 0.2) is 0 Å². The van der Waals surface area contributed by atoms with Crippen molar-refractivity contribution in [2.24, 2.45) is 11.3 Å². The molecule has 0 aliphatic carbocycles. The van der Waals surface area contributed by atoms with Crippen LogP contribution in [-0.4, -0.2) is 64.8 Å². The maximum absolute atomic E-state index is 12.2. The van der Waals surface area contributed by atoms with Crippen molar-refractivity contribution in [1.29, 1.82) is 0 Å². The predicted octanol–water partition coefficient (Wildman–Crippen LogP) is 0.852. The molecule has 0 aromatic carbocycles. The lowest BCUT2D eigenvalue weighted by molar-refractivity contribution is -0.150. The molecule has 1 fully saturated rings. The predicted molar refractivity (Wildman–Crippen MR) is 70.8 cm³/mol. The fourth-order valence-corrected chi connectivity index (χ4v) is 2.42. The Morgan fingerprint density at radius 2 is 1.95 bits per heavy atom. The molecule has 1 aliphatic rings. The van der Waals surface area contributed by atoms with Gasteiger partial charge in [-0.2, -0.15) is 0 Å². The molecule has 110 valence electrons. The van der Waals surface area contributed by atoms with Crippen molar-refractivity contribution < 1.29 is 19.8 Å². The van der Waals surface area contributed by atoms with Crippen molar-refractivity contribution in [3.63, 3.8) is 0 Å². The van der Waals surface area contributed by atoms with Crippen LogP contribution in [0.5, 0.6) is 0 Å². The van der Waals surface area contributed by atoms with Gasteiger partial charge in [0.1, 0.15) is 0 Å². The van der Waals surface area contributed by atoms with E-state index in [4.69, 9.17) is 5.11 Å². The maximum atomic E-state index is 12.2. The van der Waals surface area contributed by atoms with Crippen LogP contribution in [0.4, 0.5) is 4.79 Å². The Morgan fingerprint density at radius 1 is 1.37 bits per heavy atom. The van der Waals surface area contributed by atoms with Gasteiger partial charge in [-0.15, -0.1) is 0 Å². The van der Waals surface area contributed by atoms with Crippen molar-refractivity contribution in [2.45, 2.75) is 33.2 Å². The van der Waals surface area contributed by atoms with E-state index in [9.17, 15) is 14.7 Å². The fraction of sp³-hybridized carbons (Fsp3) is 0.846. The molecule has 1 saturated heterocycles. The van der Waals surface area contributed by atoms with Gasteiger partial charge in [-0.1, -0.05) is 13.8 Å². The zero-order valence-corrected chi connectivity index (χ0v) is 12.1. The molecular weight excluding hydrogens is 248 g/mol. The number of aliphatic hydroxyl groups excluding tert-OH is 1. The van der Waals surface area contributed by atoms with Crippen LogP contribution in [0, 0.1) is 11.3 Å². The van der Waals surface area contributed by atoms with Crippen LogP contribution < -0.4 is 0 Å². The highest BCUT2D eigenvalue weighted by Crippen LogP contribution is 2.38. The summed E-state index contributed by atoms with van der Waals surface area (Å²) in [5, 5.41) is 18.5. The Labute approximate surface area is 114 Å². The first-order valence-electron chi connectivity index (χ1n) is 6.62. The summed E-state index contributed by atoms with van der Waals surface area (Å²) in [4.78, 5) is 26.8. The van der Waals surface area contributed by atoms with Crippen LogP contribution in [-0.2, 0) is 4.79 Å². The first-order chi connectivity index (χ1) is 8.76. The van der Waals surface area contributed by atoms with Crippen molar-refractivity contribution in [3.8, 4) is 0 Å². The van der Waals surface area contributed by atoms with Crippen molar-refractivity contribution >= 4 is 12.0 Å². The number of nitrogens with zero attached hydrogens (tertiary/aromatic N) is 2. The number of carbonyl (C=O) groups excluding carboxylic acids is 1. The molecule has 1 rings (SSSR count). The number of hydrogen-bond donors (Lipinski definition) is 2. The molecule has 0 aromatic heterocycles. The van der Waals surface area contributed by atoms with Gasteiger partial charge in [0.05, 0.1) is 18.1 Å². The second-order valence-corrected chi connectivity index (χ2v) is 5.71. The summed E-state index contributed by atoms with van der Waals surface area (Å²) in [6.45, 7) is 6.09. The van der Waals surface area contributed by atoms with Crippen molar-refractivity contribution in [3.05, 3.63) is 0 Å². The summed E-state index contributed by atoms with van der Waals surface area (Å²) in [6.07, 6.45) is 0.479. The number of likely N-dealkylation sites (N-methyl/N-ethyl adjacent to an activating group) is 1. The Morgan fingerprint density at radius 3 is 2.32 bits per heavy atom. The van der Waals surface area contributed by atoms with Crippen molar-refractivity contribution in [1.82, 2.24) is 9.80 Å². The van der Waals surface area contributed by atoms with E-state index in [-0.39, 0.29) is 31.1 Å². The third-order valence-corrected chi connectivity index (χ3v) is 4.33. The van der Waals surface area contributed by atoms with Gasteiger partial charge < -0.3 is 20.0 Å². The lowest BCUT2D eigenvalue weighted by Crippen LogP contribution is -2.47. The minimum atomic E-state index is -0.848. The zero-order chi connectivity index (χ0) is 14.8. The van der Waals surface area contributed by atoms with E-state index in [2.05, 4.69) is 0 Å². The molecule has 0 saturated carbocycles. The van der Waals surface area contributed by atoms with Gasteiger partial charge >= 0.3 is 12.0 Å². The minimum Gasteiger partial charge on any atom is -0.481 e. The summed E-state index contributed by atoms with van der Waals surface area (Å²) in [5.74, 6) is -0.862. The number of carboxylic acids is 1. The molecule has 1 aliphatic heterocycles. The molecule has 2 amide bonds. The normalized spacial score (nSPS) is 24.6. The molecule has 0 spiro atoms. The Bertz CT molecular complexity index is 359. The quantitative estimate of drug-likeness (QED) is 0.795. The number of urea groups is 1. The minimum absolute atomic E-state index is 0.0247. The van der Waals surface area contributed by atoms with E-state index < -0.39 is 11.4 Å². The average molecular weight is 272 g/mol. The Kier molecular flexibility index (Phi) is 4.79. The van der Waals surface area contributed by atoms with E-state index in [0.29, 0.717) is 13.0 Å². The smallest absolute Gasteiger partial charge is 0.320 e. The molecule has 2 atom stereocenters. The maximum Gasteiger partial charge on any atom is 0.320 e. The number of hydrogen-bond acceptors (Lipinski definition) is 3. The molecule has 1 heterocycles. The highest BCUT2D eigenvalue weighted by Gasteiger charge is 2.49. The van der Waals surface area contributed by atoms with Gasteiger partial charge in [0.2, 0.25) is 0 Å². The van der Waals surface area contributed by atoms with Gasteiger partial charge in [-0.3, -0.25) is 4.79 Å². The largest absolute Gasteiger partial charge is 0.481 e. The first-order valence-corrected chi connectivity index (χ1v) is 6.62. The number of likely N-dealkylation sites (tertiary alicyclic amines) is 1. The molecule has 6 nitrogen and oxygen atoms in total. The van der Waals surface area contributed by atoms with Crippen LogP contribution in [0.1, 0.15) is 27.2 Å². The average Bonchev–Trinajstić information content (AvgIpc) is 2.82. The number of carboxylic acid groups (broad SMARTS) is 1. The van der Waals surface area contributed by atoms with E-state index in [0.717, 1.165) is 0 Å². The molecule has 0 aromatic rings. The second-order valence-electron chi connectivity index (χ2n) is 5.71. The van der Waals surface area contributed by atoms with Crippen LogP contribution in [0.3, 0.4) is 0 Å². The molecular formula is C13H24N2O4. The lowest BCUT2D eigenvalue weighted by atomic mass is 9.76. The van der Waals surface area contributed by atoms with Crippen LogP contribution >= 0.6 is 0 Å². The molecule has 19 heavy (non-hydrogen) atoms. The summed E-state index contributed by atoms with van der Waals surface area (Å²) < 4.78 is 0. The SMILES string of the molecule is CC(CO)N(C)C(=O)N1CCC(C(=O)O)(C(C)C)C1. The lowest BCUT2D eigenvalue weighted by Gasteiger charge is -2.31. The number of aliphatic hydroxyl groups is 1. The van der Waals surface area contributed by atoms with E-state index in [1.807, 2.05) is 13.8 Å². The molecule has 0 radical (unpaired) electrons. The molecule has 6 heteroatoms. The topological polar surface area (TPSA) is 81.1 Å². The third kappa shape index (κ3) is 2.83.